The molecule has 3 N–H and O–H groups in total. The second kappa shape index (κ2) is 8.74. The van der Waals surface area contributed by atoms with Gasteiger partial charge in [-0.1, -0.05) is 20.8 Å². The Bertz CT molecular complexity index is 997. The molecule has 2 amide bonds. The first-order valence-corrected chi connectivity index (χ1v) is 10.3. The normalized spacial score (nSPS) is 15.8. The van der Waals surface area contributed by atoms with E-state index in [0.29, 0.717) is 25.2 Å². The predicted molar refractivity (Wildman–Crippen MR) is 113 cm³/mol. The van der Waals surface area contributed by atoms with Gasteiger partial charge in [0.15, 0.2) is 5.69 Å². The van der Waals surface area contributed by atoms with Crippen LogP contribution in [0, 0.1) is 17.0 Å². The van der Waals surface area contributed by atoms with Crippen LogP contribution in [-0.4, -0.2) is 45.9 Å². The van der Waals surface area contributed by atoms with Crippen LogP contribution in [-0.2, 0) is 17.9 Å². The molecular formula is C22H29F2N5O2. The molecule has 0 fully saturated rings. The minimum Gasteiger partial charge on any atom is -0.368 e. The maximum Gasteiger partial charge on any atom is 0.272 e. The molecule has 7 nitrogen and oxygen atoms in total. The Morgan fingerprint density at radius 3 is 2.58 bits per heavy atom. The summed E-state index contributed by atoms with van der Waals surface area (Å²) in [5, 5.41) is 2.70. The summed E-state index contributed by atoms with van der Waals surface area (Å²) >= 11 is 0. The average molecular weight is 434 g/mol. The topological polar surface area (TPSA) is 93.2 Å². The van der Waals surface area contributed by atoms with E-state index in [9.17, 15) is 18.4 Å². The number of nitrogens with two attached hydrogens (primary N) is 1. The summed E-state index contributed by atoms with van der Waals surface area (Å²) in [6, 6.07) is 2.42. The van der Waals surface area contributed by atoms with Crippen molar-refractivity contribution in [2.24, 2.45) is 11.1 Å². The third-order valence-corrected chi connectivity index (χ3v) is 5.27. The van der Waals surface area contributed by atoms with Gasteiger partial charge in [-0.2, -0.15) is 0 Å². The van der Waals surface area contributed by atoms with Crippen molar-refractivity contribution in [3.8, 4) is 11.4 Å². The first-order chi connectivity index (χ1) is 14.5. The number of nitrogens with one attached hydrogen (secondary N) is 1. The van der Waals surface area contributed by atoms with Gasteiger partial charge in [0.2, 0.25) is 5.91 Å². The Balaban J connectivity index is 2.04. The van der Waals surface area contributed by atoms with E-state index in [-0.39, 0.29) is 22.5 Å². The molecule has 1 aromatic heterocycles. The molecule has 1 aliphatic heterocycles. The summed E-state index contributed by atoms with van der Waals surface area (Å²) in [7, 11) is 1.92. The monoisotopic (exact) mass is 433 g/mol. The molecule has 0 saturated heterocycles. The van der Waals surface area contributed by atoms with Gasteiger partial charge in [0.25, 0.3) is 5.91 Å². The van der Waals surface area contributed by atoms with E-state index in [2.05, 4.69) is 10.3 Å². The molecule has 0 aliphatic carbocycles. The lowest BCUT2D eigenvalue weighted by Gasteiger charge is -2.24. The highest BCUT2D eigenvalue weighted by Crippen LogP contribution is 2.29. The van der Waals surface area contributed by atoms with E-state index in [4.69, 9.17) is 5.73 Å². The van der Waals surface area contributed by atoms with E-state index < -0.39 is 29.5 Å². The highest BCUT2D eigenvalue weighted by Gasteiger charge is 2.30. The predicted octanol–water partition coefficient (Wildman–Crippen LogP) is 2.68. The van der Waals surface area contributed by atoms with Crippen LogP contribution in [0.3, 0.4) is 0 Å². The zero-order chi connectivity index (χ0) is 22.9. The van der Waals surface area contributed by atoms with Crippen LogP contribution in [0.15, 0.2) is 18.2 Å². The van der Waals surface area contributed by atoms with Crippen molar-refractivity contribution in [3.63, 3.8) is 0 Å². The van der Waals surface area contributed by atoms with Gasteiger partial charge in [0, 0.05) is 19.2 Å². The highest BCUT2D eigenvalue weighted by atomic mass is 19.1. The van der Waals surface area contributed by atoms with Crippen LogP contribution in [0.5, 0.6) is 0 Å². The number of rotatable bonds is 5. The van der Waals surface area contributed by atoms with Crippen molar-refractivity contribution < 1.29 is 18.4 Å². The summed E-state index contributed by atoms with van der Waals surface area (Å²) in [4.78, 5) is 31.6. The SMILES string of the molecule is CN1CCCn2c(-c3ccc(F)cc3F)nc(C(=O)N[C@@H](CC(C)(C)C)C(N)=O)c2C1. The number of carbonyl (C=O) groups excluding carboxylic acids is 2. The molecule has 0 bridgehead atoms. The van der Waals surface area contributed by atoms with Crippen LogP contribution in [0.4, 0.5) is 8.78 Å². The molecule has 1 aliphatic rings. The smallest absolute Gasteiger partial charge is 0.272 e. The van der Waals surface area contributed by atoms with Gasteiger partial charge in [0.05, 0.1) is 11.3 Å². The molecule has 1 aromatic carbocycles. The quantitative estimate of drug-likeness (QED) is 0.758. The summed E-state index contributed by atoms with van der Waals surface area (Å²) in [5.74, 6) is -2.34. The third-order valence-electron chi connectivity index (χ3n) is 5.27. The number of hydrogen-bond donors (Lipinski definition) is 2. The molecule has 2 aromatic rings. The van der Waals surface area contributed by atoms with Gasteiger partial charge < -0.3 is 20.5 Å². The van der Waals surface area contributed by atoms with Crippen LogP contribution in [0.25, 0.3) is 11.4 Å². The number of primary amides is 1. The molecule has 0 saturated carbocycles. The summed E-state index contributed by atoms with van der Waals surface area (Å²) in [6.45, 7) is 7.60. The third kappa shape index (κ3) is 5.28. The van der Waals surface area contributed by atoms with Gasteiger partial charge in [-0.3, -0.25) is 9.59 Å². The van der Waals surface area contributed by atoms with Crippen molar-refractivity contribution in [2.45, 2.75) is 52.7 Å². The van der Waals surface area contributed by atoms with Crippen LogP contribution >= 0.6 is 0 Å². The number of fused-ring (bicyclic) bond motifs is 1. The summed E-state index contributed by atoms with van der Waals surface area (Å²) in [6.07, 6.45) is 1.15. The van der Waals surface area contributed by atoms with E-state index in [1.165, 1.54) is 6.07 Å². The molecule has 2 heterocycles. The molecule has 0 spiro atoms. The van der Waals surface area contributed by atoms with Gasteiger partial charge in [-0.15, -0.1) is 0 Å². The first-order valence-electron chi connectivity index (χ1n) is 10.3. The fourth-order valence-electron chi connectivity index (χ4n) is 3.84. The molecule has 168 valence electrons. The molecule has 1 atom stereocenters. The minimum atomic E-state index is -0.862. The molecule has 9 heteroatoms. The number of benzene rings is 1. The fourth-order valence-corrected chi connectivity index (χ4v) is 3.84. The largest absolute Gasteiger partial charge is 0.368 e. The number of amides is 2. The van der Waals surface area contributed by atoms with E-state index in [1.807, 2.05) is 32.7 Å². The lowest BCUT2D eigenvalue weighted by Crippen LogP contribution is -2.46. The molecule has 3 rings (SSSR count). The number of halogens is 2. The van der Waals surface area contributed by atoms with Gasteiger partial charge in [0.1, 0.15) is 23.5 Å². The van der Waals surface area contributed by atoms with Crippen LogP contribution in [0.2, 0.25) is 0 Å². The summed E-state index contributed by atoms with van der Waals surface area (Å²) in [5.41, 5.74) is 6.13. The second-order valence-corrected chi connectivity index (χ2v) is 9.29. The van der Waals surface area contributed by atoms with Gasteiger partial charge >= 0.3 is 0 Å². The Morgan fingerprint density at radius 1 is 1.26 bits per heavy atom. The maximum absolute atomic E-state index is 14.5. The van der Waals surface area contributed by atoms with E-state index >= 15 is 0 Å². The van der Waals surface area contributed by atoms with Crippen molar-refractivity contribution in [1.82, 2.24) is 19.8 Å². The number of carbonyl (C=O) groups is 2. The Hall–Kier alpha value is -2.81. The zero-order valence-corrected chi connectivity index (χ0v) is 18.3. The number of aromatic nitrogens is 2. The molecule has 0 radical (unpaired) electrons. The molecule has 0 unspecified atom stereocenters. The number of imidazole rings is 1. The molecule has 31 heavy (non-hydrogen) atoms. The minimum absolute atomic E-state index is 0.118. The highest BCUT2D eigenvalue weighted by molar-refractivity contribution is 5.97. The maximum atomic E-state index is 14.5. The van der Waals surface area contributed by atoms with Crippen molar-refractivity contribution in [3.05, 3.63) is 41.2 Å². The standard InChI is InChI=1S/C22H29F2N5O2/c1-22(2,3)11-16(19(25)30)26-21(31)18-17-12-28(4)8-5-9-29(17)20(27-18)14-7-6-13(23)10-15(14)24/h6-7,10,16H,5,8-9,11-12H2,1-4H3,(H2,25,30)(H,26,31)/t16-/m0/s1. The summed E-state index contributed by atoms with van der Waals surface area (Å²) < 4.78 is 29.8. The lowest BCUT2D eigenvalue weighted by molar-refractivity contribution is -0.120. The Labute approximate surface area is 180 Å². The Kier molecular flexibility index (Phi) is 6.45. The number of nitrogens with zero attached hydrogens (tertiary/aromatic N) is 3. The second-order valence-electron chi connectivity index (χ2n) is 9.29. The van der Waals surface area contributed by atoms with Crippen molar-refractivity contribution in [1.29, 1.82) is 0 Å². The first kappa shape index (κ1) is 22.9. The van der Waals surface area contributed by atoms with Crippen molar-refractivity contribution in [2.75, 3.05) is 13.6 Å². The van der Waals surface area contributed by atoms with Crippen LogP contribution in [0.1, 0.15) is 49.8 Å². The van der Waals surface area contributed by atoms with E-state index in [1.54, 1.807) is 4.57 Å². The van der Waals surface area contributed by atoms with Gasteiger partial charge in [-0.25, -0.2) is 13.8 Å². The van der Waals surface area contributed by atoms with E-state index in [0.717, 1.165) is 25.1 Å². The fraction of sp³-hybridized carbons (Fsp3) is 0.500. The Morgan fingerprint density at radius 2 is 1.97 bits per heavy atom. The van der Waals surface area contributed by atoms with Gasteiger partial charge in [-0.05, 0) is 44.0 Å². The average Bonchev–Trinajstić information content (AvgIpc) is 2.86. The van der Waals surface area contributed by atoms with Crippen molar-refractivity contribution >= 4 is 11.8 Å². The zero-order valence-electron chi connectivity index (χ0n) is 18.3. The lowest BCUT2D eigenvalue weighted by atomic mass is 9.88. The number of hydrogen-bond acceptors (Lipinski definition) is 4. The molecular weight excluding hydrogens is 404 g/mol. The van der Waals surface area contributed by atoms with Crippen LogP contribution < -0.4 is 11.1 Å².